The van der Waals surface area contributed by atoms with E-state index in [-0.39, 0.29) is 11.5 Å². The lowest BCUT2D eigenvalue weighted by molar-refractivity contribution is -0.0435. The first-order valence-corrected chi connectivity index (χ1v) is 7.87. The van der Waals surface area contributed by atoms with Gasteiger partial charge in [-0.1, -0.05) is 13.8 Å². The highest BCUT2D eigenvalue weighted by Gasteiger charge is 2.57. The van der Waals surface area contributed by atoms with Crippen LogP contribution in [0.1, 0.15) is 33.6 Å². The van der Waals surface area contributed by atoms with Crippen molar-refractivity contribution in [1.29, 1.82) is 0 Å². The average molecular weight is 268 g/mol. The third-order valence-corrected chi connectivity index (χ3v) is 5.24. The molecule has 0 aromatic rings. The first-order chi connectivity index (χ1) is 9.13. The fourth-order valence-electron chi connectivity index (χ4n) is 4.32. The summed E-state index contributed by atoms with van der Waals surface area (Å²) in [5, 5.41) is 3.41. The molecular formula is C15H28N2O2. The lowest BCUT2D eigenvalue weighted by Crippen LogP contribution is -2.46. The maximum Gasteiger partial charge on any atom is 0.0917 e. The number of ether oxygens (including phenoxy) is 2. The maximum absolute atomic E-state index is 6.35. The Balaban J connectivity index is 1.62. The first-order valence-electron chi connectivity index (χ1n) is 7.87. The number of fused-ring (bicyclic) bond motifs is 1. The third kappa shape index (κ3) is 2.44. The van der Waals surface area contributed by atoms with Gasteiger partial charge in [0.1, 0.15) is 0 Å². The number of piperazine rings is 1. The molecule has 19 heavy (non-hydrogen) atoms. The summed E-state index contributed by atoms with van der Waals surface area (Å²) in [6.07, 6.45) is 3.58. The lowest BCUT2D eigenvalue weighted by atomic mass is 9.76. The minimum absolute atomic E-state index is 0.229. The van der Waals surface area contributed by atoms with Crippen LogP contribution in [-0.2, 0) is 9.47 Å². The van der Waals surface area contributed by atoms with Crippen LogP contribution in [0.2, 0.25) is 0 Å². The molecule has 3 heterocycles. The minimum Gasteiger partial charge on any atom is -0.372 e. The fourth-order valence-corrected chi connectivity index (χ4v) is 4.32. The number of rotatable bonds is 3. The fraction of sp³-hybridized carbons (Fsp3) is 1.00. The van der Waals surface area contributed by atoms with Gasteiger partial charge in [0.05, 0.1) is 24.4 Å². The second-order valence-corrected chi connectivity index (χ2v) is 6.68. The molecule has 0 aromatic heterocycles. The quantitative estimate of drug-likeness (QED) is 0.835. The van der Waals surface area contributed by atoms with Gasteiger partial charge in [0, 0.05) is 38.1 Å². The zero-order valence-corrected chi connectivity index (χ0v) is 12.5. The Labute approximate surface area is 116 Å². The average Bonchev–Trinajstić information content (AvgIpc) is 2.84. The molecule has 110 valence electrons. The summed E-state index contributed by atoms with van der Waals surface area (Å²) in [7, 11) is 0. The van der Waals surface area contributed by atoms with Crippen LogP contribution in [0.25, 0.3) is 0 Å². The predicted octanol–water partition coefficient (Wildman–Crippen LogP) is 1.25. The Hall–Kier alpha value is -0.160. The summed E-state index contributed by atoms with van der Waals surface area (Å²) in [5.41, 5.74) is 0.229. The summed E-state index contributed by atoms with van der Waals surface area (Å²) >= 11 is 0. The number of nitrogens with zero attached hydrogens (tertiary/aromatic N) is 1. The van der Waals surface area contributed by atoms with Crippen molar-refractivity contribution in [2.75, 3.05) is 32.7 Å². The van der Waals surface area contributed by atoms with Gasteiger partial charge in [-0.25, -0.2) is 0 Å². The molecule has 1 unspecified atom stereocenters. The number of hydrogen-bond acceptors (Lipinski definition) is 4. The van der Waals surface area contributed by atoms with Crippen molar-refractivity contribution in [3.8, 4) is 0 Å². The number of nitrogens with one attached hydrogen (secondary N) is 1. The van der Waals surface area contributed by atoms with E-state index in [2.05, 4.69) is 31.0 Å². The van der Waals surface area contributed by atoms with Crippen LogP contribution in [0.5, 0.6) is 0 Å². The lowest BCUT2D eigenvalue weighted by Gasteiger charge is -2.30. The van der Waals surface area contributed by atoms with Crippen LogP contribution in [0.4, 0.5) is 0 Å². The molecule has 0 aromatic carbocycles. The van der Waals surface area contributed by atoms with Crippen molar-refractivity contribution < 1.29 is 9.47 Å². The van der Waals surface area contributed by atoms with Crippen LogP contribution in [0.15, 0.2) is 0 Å². The normalized spacial score (nSPS) is 47.5. The van der Waals surface area contributed by atoms with Crippen molar-refractivity contribution in [2.24, 2.45) is 5.41 Å². The Bertz CT molecular complexity index is 319. The highest BCUT2D eigenvalue weighted by molar-refractivity contribution is 5.05. The molecule has 0 saturated carbocycles. The number of hydrogen-bond donors (Lipinski definition) is 1. The Morgan fingerprint density at radius 2 is 2.00 bits per heavy atom. The molecule has 3 saturated heterocycles. The summed E-state index contributed by atoms with van der Waals surface area (Å²) < 4.78 is 12.4. The van der Waals surface area contributed by atoms with E-state index in [1.165, 1.54) is 0 Å². The molecule has 3 rings (SSSR count). The van der Waals surface area contributed by atoms with Gasteiger partial charge in [-0.2, -0.15) is 0 Å². The monoisotopic (exact) mass is 268 g/mol. The molecule has 3 aliphatic rings. The van der Waals surface area contributed by atoms with Crippen molar-refractivity contribution >= 4 is 0 Å². The molecule has 1 N–H and O–H groups in total. The maximum atomic E-state index is 6.35. The van der Waals surface area contributed by atoms with Crippen molar-refractivity contribution in [3.63, 3.8) is 0 Å². The summed E-state index contributed by atoms with van der Waals surface area (Å²) in [6.45, 7) is 12.4. The van der Waals surface area contributed by atoms with Crippen molar-refractivity contribution in [3.05, 3.63) is 0 Å². The standard InChI is InChI=1S/C15H28N2O2/c1-4-13-15(3)9-12(19-14(15)11(2)18-13)10-17-7-5-16-6-8-17/h11-14,16H,4-10H2,1-3H3/t11-,12+,13+,14-,15?/m0/s1. The molecule has 0 aliphatic carbocycles. The molecule has 4 nitrogen and oxygen atoms in total. The Morgan fingerprint density at radius 3 is 2.68 bits per heavy atom. The molecule has 3 aliphatic heterocycles. The first kappa shape index (κ1) is 13.8. The van der Waals surface area contributed by atoms with Crippen LogP contribution in [-0.4, -0.2) is 62.0 Å². The zero-order valence-electron chi connectivity index (χ0n) is 12.5. The van der Waals surface area contributed by atoms with Crippen molar-refractivity contribution in [1.82, 2.24) is 10.2 Å². The largest absolute Gasteiger partial charge is 0.372 e. The van der Waals surface area contributed by atoms with E-state index in [0.29, 0.717) is 18.3 Å². The van der Waals surface area contributed by atoms with Gasteiger partial charge in [-0.05, 0) is 19.8 Å². The molecule has 3 fully saturated rings. The van der Waals surface area contributed by atoms with E-state index in [0.717, 1.165) is 45.6 Å². The van der Waals surface area contributed by atoms with E-state index >= 15 is 0 Å². The van der Waals surface area contributed by atoms with E-state index in [9.17, 15) is 0 Å². The van der Waals surface area contributed by atoms with Gasteiger partial charge in [0.25, 0.3) is 0 Å². The highest BCUT2D eigenvalue weighted by Crippen LogP contribution is 2.50. The zero-order chi connectivity index (χ0) is 13.5. The molecule has 0 bridgehead atoms. The van der Waals surface area contributed by atoms with Gasteiger partial charge in [-0.3, -0.25) is 4.90 Å². The summed E-state index contributed by atoms with van der Waals surface area (Å²) in [4.78, 5) is 2.54. The molecule has 5 atom stereocenters. The van der Waals surface area contributed by atoms with Gasteiger partial charge in [-0.15, -0.1) is 0 Å². The second-order valence-electron chi connectivity index (χ2n) is 6.68. The van der Waals surface area contributed by atoms with Gasteiger partial charge in [0.15, 0.2) is 0 Å². The van der Waals surface area contributed by atoms with E-state index < -0.39 is 0 Å². The van der Waals surface area contributed by atoms with Crippen LogP contribution < -0.4 is 5.32 Å². The van der Waals surface area contributed by atoms with Crippen LogP contribution in [0.3, 0.4) is 0 Å². The molecule has 4 heteroatoms. The third-order valence-electron chi connectivity index (χ3n) is 5.24. The van der Waals surface area contributed by atoms with Crippen LogP contribution in [0, 0.1) is 5.41 Å². The second kappa shape index (κ2) is 5.32. The van der Waals surface area contributed by atoms with Crippen LogP contribution >= 0.6 is 0 Å². The van der Waals surface area contributed by atoms with Crippen molar-refractivity contribution in [2.45, 2.75) is 58.0 Å². The molecular weight excluding hydrogens is 240 g/mol. The van der Waals surface area contributed by atoms with Gasteiger partial charge >= 0.3 is 0 Å². The smallest absolute Gasteiger partial charge is 0.0917 e. The predicted molar refractivity (Wildman–Crippen MR) is 75.3 cm³/mol. The topological polar surface area (TPSA) is 33.7 Å². The Morgan fingerprint density at radius 1 is 1.26 bits per heavy atom. The Kier molecular flexibility index (Phi) is 3.87. The molecule has 0 amide bonds. The van der Waals surface area contributed by atoms with Gasteiger partial charge < -0.3 is 14.8 Å². The van der Waals surface area contributed by atoms with Gasteiger partial charge in [0.2, 0.25) is 0 Å². The highest BCUT2D eigenvalue weighted by atomic mass is 16.6. The molecule has 0 radical (unpaired) electrons. The summed E-state index contributed by atoms with van der Waals surface area (Å²) in [6, 6.07) is 0. The molecule has 0 spiro atoms. The minimum atomic E-state index is 0.229. The van der Waals surface area contributed by atoms with E-state index in [4.69, 9.17) is 9.47 Å². The van der Waals surface area contributed by atoms with E-state index in [1.807, 2.05) is 0 Å². The SMILES string of the molecule is CC[C@H]1O[C@@H](C)[C@@H]2O[C@@H](CN3CCNCC3)CC12C. The summed E-state index contributed by atoms with van der Waals surface area (Å²) in [5.74, 6) is 0. The van der Waals surface area contributed by atoms with E-state index in [1.54, 1.807) is 0 Å².